The molecule has 1 heterocycles. The summed E-state index contributed by atoms with van der Waals surface area (Å²) in [5, 5.41) is 9.17. The smallest absolute Gasteiger partial charge is 0.0638 e. The average molecular weight is 194 g/mol. The largest absolute Gasteiger partial charge is 0.392 e. The lowest BCUT2D eigenvalue weighted by Crippen LogP contribution is -2.29. The molecule has 1 aromatic rings. The van der Waals surface area contributed by atoms with E-state index < -0.39 is 0 Å². The number of nitrogens with zero attached hydrogens (tertiary/aromatic N) is 2. The van der Waals surface area contributed by atoms with Gasteiger partial charge in [-0.15, -0.1) is 0 Å². The molecule has 0 bridgehead atoms. The van der Waals surface area contributed by atoms with Crippen molar-refractivity contribution in [2.24, 2.45) is 0 Å². The molecule has 0 amide bonds. The van der Waals surface area contributed by atoms with Gasteiger partial charge in [0.05, 0.1) is 6.10 Å². The van der Waals surface area contributed by atoms with Crippen LogP contribution in [0.4, 0.5) is 0 Å². The summed E-state index contributed by atoms with van der Waals surface area (Å²) in [5.41, 5.74) is 1.29. The second-order valence-corrected chi connectivity index (χ2v) is 3.72. The number of hydrogen-bond acceptors (Lipinski definition) is 3. The van der Waals surface area contributed by atoms with Gasteiger partial charge in [0, 0.05) is 25.5 Å². The van der Waals surface area contributed by atoms with Crippen molar-refractivity contribution in [2.45, 2.75) is 19.4 Å². The highest BCUT2D eigenvalue weighted by Crippen LogP contribution is 1.99. The minimum Gasteiger partial charge on any atom is -0.392 e. The van der Waals surface area contributed by atoms with Gasteiger partial charge in [-0.3, -0.25) is 4.98 Å². The molecular formula is C11H18N2O. The van der Waals surface area contributed by atoms with Crippen LogP contribution in [-0.2, 0) is 6.42 Å². The third-order valence-electron chi connectivity index (χ3n) is 2.11. The van der Waals surface area contributed by atoms with Crippen LogP contribution in [-0.4, -0.2) is 41.2 Å². The average Bonchev–Trinajstić information content (AvgIpc) is 2.15. The fraction of sp³-hybridized carbons (Fsp3) is 0.545. The molecule has 0 fully saturated rings. The van der Waals surface area contributed by atoms with Crippen LogP contribution < -0.4 is 0 Å². The van der Waals surface area contributed by atoms with E-state index >= 15 is 0 Å². The molecule has 78 valence electrons. The first-order valence-corrected chi connectivity index (χ1v) is 4.94. The maximum Gasteiger partial charge on any atom is 0.0638 e. The molecule has 3 nitrogen and oxygen atoms in total. The first kappa shape index (κ1) is 11.1. The van der Waals surface area contributed by atoms with Gasteiger partial charge in [0.2, 0.25) is 0 Å². The molecule has 3 heteroatoms. The third kappa shape index (κ3) is 4.35. The highest BCUT2D eigenvalue weighted by Gasteiger charge is 2.02. The van der Waals surface area contributed by atoms with E-state index in [1.165, 1.54) is 5.56 Å². The summed E-state index contributed by atoms with van der Waals surface area (Å²) in [6.45, 7) is 3.50. The lowest BCUT2D eigenvalue weighted by atomic mass is 10.2. The van der Waals surface area contributed by atoms with Gasteiger partial charge in [0.15, 0.2) is 0 Å². The second kappa shape index (κ2) is 5.73. The summed E-state index contributed by atoms with van der Waals surface area (Å²) < 4.78 is 0. The van der Waals surface area contributed by atoms with Gasteiger partial charge in [0.25, 0.3) is 0 Å². The van der Waals surface area contributed by atoms with Crippen molar-refractivity contribution in [1.29, 1.82) is 0 Å². The van der Waals surface area contributed by atoms with Gasteiger partial charge in [-0.2, -0.15) is 0 Å². The first-order valence-electron chi connectivity index (χ1n) is 4.94. The van der Waals surface area contributed by atoms with Crippen LogP contribution in [0.2, 0.25) is 0 Å². The van der Waals surface area contributed by atoms with Crippen molar-refractivity contribution in [1.82, 2.24) is 9.88 Å². The normalized spacial score (nSPS) is 13.1. The highest BCUT2D eigenvalue weighted by atomic mass is 16.3. The zero-order valence-corrected chi connectivity index (χ0v) is 8.85. The van der Waals surface area contributed by atoms with Gasteiger partial charge >= 0.3 is 0 Å². The van der Waals surface area contributed by atoms with Crippen LogP contribution in [0, 0.1) is 0 Å². The van der Waals surface area contributed by atoms with Gasteiger partial charge < -0.3 is 10.0 Å². The van der Waals surface area contributed by atoms with Gasteiger partial charge in [-0.05, 0) is 38.1 Å². The van der Waals surface area contributed by atoms with Crippen molar-refractivity contribution in [2.75, 3.05) is 20.1 Å². The lowest BCUT2D eigenvalue weighted by Gasteiger charge is -2.17. The Labute approximate surface area is 85.4 Å². The summed E-state index contributed by atoms with van der Waals surface area (Å²) in [7, 11) is 2.02. The molecule has 0 radical (unpaired) electrons. The minimum absolute atomic E-state index is 0.252. The number of aliphatic hydroxyl groups excluding tert-OH is 1. The SMILES string of the molecule is C[C@H](O)CN(C)CCc1ccncc1. The number of likely N-dealkylation sites (N-methyl/N-ethyl adjacent to an activating group) is 1. The summed E-state index contributed by atoms with van der Waals surface area (Å²) >= 11 is 0. The zero-order valence-electron chi connectivity index (χ0n) is 8.85. The van der Waals surface area contributed by atoms with Crippen LogP contribution in [0.1, 0.15) is 12.5 Å². The molecule has 0 aliphatic carbocycles. The number of hydrogen-bond donors (Lipinski definition) is 1. The van der Waals surface area contributed by atoms with Gasteiger partial charge in [0.1, 0.15) is 0 Å². The van der Waals surface area contributed by atoms with E-state index in [0.717, 1.165) is 19.5 Å². The van der Waals surface area contributed by atoms with E-state index in [1.54, 1.807) is 0 Å². The molecule has 0 aliphatic rings. The van der Waals surface area contributed by atoms with Crippen LogP contribution in [0.3, 0.4) is 0 Å². The van der Waals surface area contributed by atoms with Crippen molar-refractivity contribution in [3.63, 3.8) is 0 Å². The molecule has 0 saturated carbocycles. The number of aromatic nitrogens is 1. The Morgan fingerprint density at radius 3 is 2.64 bits per heavy atom. The Kier molecular flexibility index (Phi) is 4.56. The van der Waals surface area contributed by atoms with Crippen molar-refractivity contribution in [3.05, 3.63) is 30.1 Å². The summed E-state index contributed by atoms with van der Waals surface area (Å²) in [4.78, 5) is 6.10. The van der Waals surface area contributed by atoms with Crippen molar-refractivity contribution < 1.29 is 5.11 Å². The maximum absolute atomic E-state index is 9.17. The van der Waals surface area contributed by atoms with Crippen molar-refractivity contribution >= 4 is 0 Å². The molecule has 0 saturated heterocycles. The van der Waals surface area contributed by atoms with Gasteiger partial charge in [-0.25, -0.2) is 0 Å². The number of aliphatic hydroxyl groups is 1. The topological polar surface area (TPSA) is 36.4 Å². The molecule has 0 aromatic carbocycles. The predicted molar refractivity (Wildman–Crippen MR) is 57.1 cm³/mol. The Hall–Kier alpha value is -0.930. The predicted octanol–water partition coefficient (Wildman–Crippen LogP) is 0.937. The highest BCUT2D eigenvalue weighted by molar-refractivity contribution is 5.09. The van der Waals surface area contributed by atoms with E-state index in [-0.39, 0.29) is 6.10 Å². The third-order valence-corrected chi connectivity index (χ3v) is 2.11. The number of pyridine rings is 1. The molecular weight excluding hydrogens is 176 g/mol. The molecule has 1 rings (SSSR count). The molecule has 1 aromatic heterocycles. The molecule has 1 N–H and O–H groups in total. The summed E-state index contributed by atoms with van der Waals surface area (Å²) in [6, 6.07) is 4.05. The standard InChI is InChI=1S/C11H18N2O/c1-10(14)9-13(2)8-5-11-3-6-12-7-4-11/h3-4,6-7,10,14H,5,8-9H2,1-2H3/t10-/m0/s1. The van der Waals surface area contributed by atoms with E-state index in [4.69, 9.17) is 5.11 Å². The fourth-order valence-electron chi connectivity index (χ4n) is 1.41. The van der Waals surface area contributed by atoms with Crippen LogP contribution in [0.25, 0.3) is 0 Å². The van der Waals surface area contributed by atoms with Crippen LogP contribution in [0.15, 0.2) is 24.5 Å². The first-order chi connectivity index (χ1) is 6.68. The fourth-order valence-corrected chi connectivity index (χ4v) is 1.41. The quantitative estimate of drug-likeness (QED) is 0.757. The Bertz CT molecular complexity index is 249. The van der Waals surface area contributed by atoms with E-state index in [2.05, 4.69) is 9.88 Å². The Balaban J connectivity index is 2.27. The molecule has 0 unspecified atom stereocenters. The van der Waals surface area contributed by atoms with Crippen molar-refractivity contribution in [3.8, 4) is 0 Å². The summed E-state index contributed by atoms with van der Waals surface area (Å²) in [6.07, 6.45) is 4.37. The van der Waals surface area contributed by atoms with Gasteiger partial charge in [-0.1, -0.05) is 0 Å². The van der Waals surface area contributed by atoms with E-state index in [1.807, 2.05) is 38.5 Å². The van der Waals surface area contributed by atoms with E-state index in [9.17, 15) is 0 Å². The zero-order chi connectivity index (χ0) is 10.4. The Morgan fingerprint density at radius 2 is 2.07 bits per heavy atom. The Morgan fingerprint density at radius 1 is 1.43 bits per heavy atom. The maximum atomic E-state index is 9.17. The monoisotopic (exact) mass is 194 g/mol. The lowest BCUT2D eigenvalue weighted by molar-refractivity contribution is 0.142. The van der Waals surface area contributed by atoms with E-state index in [0.29, 0.717) is 0 Å². The number of rotatable bonds is 5. The molecule has 0 aliphatic heterocycles. The van der Waals surface area contributed by atoms with Crippen LogP contribution in [0.5, 0.6) is 0 Å². The molecule has 14 heavy (non-hydrogen) atoms. The molecule has 1 atom stereocenters. The molecule has 0 spiro atoms. The minimum atomic E-state index is -0.252. The second-order valence-electron chi connectivity index (χ2n) is 3.72. The van der Waals surface area contributed by atoms with Crippen LogP contribution >= 0.6 is 0 Å². The summed E-state index contributed by atoms with van der Waals surface area (Å²) in [5.74, 6) is 0.